The number of urea groups is 1. The highest BCUT2D eigenvalue weighted by molar-refractivity contribution is 5.74. The highest BCUT2D eigenvalue weighted by atomic mass is 16.2. The van der Waals surface area contributed by atoms with Crippen LogP contribution < -0.4 is 5.32 Å². The van der Waals surface area contributed by atoms with Crippen molar-refractivity contribution in [2.75, 3.05) is 19.6 Å². The summed E-state index contributed by atoms with van der Waals surface area (Å²) in [6, 6.07) is 0.849. The van der Waals surface area contributed by atoms with Crippen LogP contribution in [0, 0.1) is 0 Å². The number of nitrogens with zero attached hydrogens (tertiary/aromatic N) is 5. The van der Waals surface area contributed by atoms with Gasteiger partial charge in [-0.25, -0.2) is 4.79 Å². The van der Waals surface area contributed by atoms with E-state index < -0.39 is 0 Å². The molecule has 0 saturated carbocycles. The minimum atomic E-state index is 0.0141. The first-order valence-corrected chi connectivity index (χ1v) is 8.35. The molecule has 1 aromatic rings. The van der Waals surface area contributed by atoms with Crippen LogP contribution in [-0.2, 0) is 13.1 Å². The Hall–Kier alpha value is -1.63. The van der Waals surface area contributed by atoms with E-state index in [1.54, 1.807) is 11.0 Å². The maximum atomic E-state index is 12.4. The Morgan fingerprint density at radius 1 is 1.41 bits per heavy atom. The molecular formula is C15H26N6O. The summed E-state index contributed by atoms with van der Waals surface area (Å²) in [4.78, 5) is 18.5. The van der Waals surface area contributed by atoms with Crippen molar-refractivity contribution in [1.82, 2.24) is 30.1 Å². The Bertz CT molecular complexity index is 510. The molecule has 0 aliphatic carbocycles. The van der Waals surface area contributed by atoms with Crippen molar-refractivity contribution in [3.8, 4) is 0 Å². The van der Waals surface area contributed by atoms with Gasteiger partial charge >= 0.3 is 6.03 Å². The van der Waals surface area contributed by atoms with Crippen molar-refractivity contribution in [1.29, 1.82) is 0 Å². The molecule has 2 aliphatic rings. The summed E-state index contributed by atoms with van der Waals surface area (Å²) in [5.74, 6) is 0. The average molecular weight is 306 g/mol. The van der Waals surface area contributed by atoms with E-state index in [0.717, 1.165) is 25.2 Å². The number of carbonyl (C=O) groups is 1. The number of aromatic nitrogens is 3. The lowest BCUT2D eigenvalue weighted by Crippen LogP contribution is -2.43. The van der Waals surface area contributed by atoms with Crippen LogP contribution in [0.2, 0.25) is 0 Å². The van der Waals surface area contributed by atoms with Crippen LogP contribution >= 0.6 is 0 Å². The Balaban J connectivity index is 1.51. The normalized spacial score (nSPS) is 25.8. The maximum absolute atomic E-state index is 12.4. The van der Waals surface area contributed by atoms with Gasteiger partial charge in [0.15, 0.2) is 0 Å². The van der Waals surface area contributed by atoms with Gasteiger partial charge in [0, 0.05) is 18.6 Å². The van der Waals surface area contributed by atoms with Gasteiger partial charge in [0.25, 0.3) is 0 Å². The second-order valence-electron chi connectivity index (χ2n) is 6.32. The molecule has 1 N–H and O–H groups in total. The zero-order valence-electron chi connectivity index (χ0n) is 13.5. The molecular weight excluding hydrogens is 280 g/mol. The number of rotatable bonds is 4. The lowest BCUT2D eigenvalue weighted by Gasteiger charge is -2.24. The van der Waals surface area contributed by atoms with Crippen LogP contribution in [0.1, 0.15) is 38.8 Å². The number of hydrogen-bond acceptors (Lipinski definition) is 4. The number of aryl methyl sites for hydroxylation is 1. The van der Waals surface area contributed by atoms with Gasteiger partial charge in [-0.05, 0) is 46.2 Å². The molecule has 3 rings (SSSR count). The van der Waals surface area contributed by atoms with E-state index in [9.17, 15) is 4.79 Å². The molecule has 0 radical (unpaired) electrons. The summed E-state index contributed by atoms with van der Waals surface area (Å²) in [5, 5.41) is 11.4. The Labute approximate surface area is 131 Å². The van der Waals surface area contributed by atoms with Crippen LogP contribution in [0.15, 0.2) is 6.20 Å². The van der Waals surface area contributed by atoms with Gasteiger partial charge < -0.3 is 10.2 Å². The number of hydrogen-bond donors (Lipinski definition) is 1. The molecule has 7 nitrogen and oxygen atoms in total. The van der Waals surface area contributed by atoms with Crippen molar-refractivity contribution >= 4 is 6.03 Å². The largest absolute Gasteiger partial charge is 0.332 e. The van der Waals surface area contributed by atoms with Gasteiger partial charge in [0.1, 0.15) is 5.69 Å². The predicted molar refractivity (Wildman–Crippen MR) is 83.3 cm³/mol. The lowest BCUT2D eigenvalue weighted by atomic mass is 10.2. The zero-order valence-corrected chi connectivity index (χ0v) is 13.5. The van der Waals surface area contributed by atoms with Crippen molar-refractivity contribution in [2.24, 2.45) is 0 Å². The van der Waals surface area contributed by atoms with Crippen LogP contribution in [0.4, 0.5) is 4.79 Å². The second-order valence-corrected chi connectivity index (χ2v) is 6.32. The number of amides is 2. The first-order chi connectivity index (χ1) is 10.7. The standard InChI is InChI=1S/C15H26N6O/c1-3-21-17-10-13(18-21)9-16-15(22)20-11-14(8-12(20)2)19-6-4-5-7-19/h10,12,14H,3-9,11H2,1-2H3,(H,16,22). The fourth-order valence-electron chi connectivity index (χ4n) is 3.49. The van der Waals surface area contributed by atoms with E-state index in [0.29, 0.717) is 18.6 Å². The van der Waals surface area contributed by atoms with E-state index >= 15 is 0 Å². The summed E-state index contributed by atoms with van der Waals surface area (Å²) >= 11 is 0. The first kappa shape index (κ1) is 15.3. The minimum Gasteiger partial charge on any atom is -0.332 e. The van der Waals surface area contributed by atoms with Gasteiger partial charge in [0.2, 0.25) is 0 Å². The highest BCUT2D eigenvalue weighted by Gasteiger charge is 2.36. The van der Waals surface area contributed by atoms with E-state index in [1.807, 2.05) is 11.8 Å². The summed E-state index contributed by atoms with van der Waals surface area (Å²) in [7, 11) is 0. The predicted octanol–water partition coefficient (Wildman–Crippen LogP) is 1.07. The van der Waals surface area contributed by atoms with Crippen LogP contribution in [-0.4, -0.2) is 62.5 Å². The lowest BCUT2D eigenvalue weighted by molar-refractivity contribution is 0.189. The van der Waals surface area contributed by atoms with Crippen LogP contribution in [0.5, 0.6) is 0 Å². The molecule has 0 spiro atoms. The average Bonchev–Trinajstić information content (AvgIpc) is 3.24. The summed E-state index contributed by atoms with van der Waals surface area (Å²) in [5.41, 5.74) is 0.804. The third-order valence-corrected chi connectivity index (χ3v) is 4.76. The minimum absolute atomic E-state index is 0.0141. The quantitative estimate of drug-likeness (QED) is 0.903. The molecule has 2 fully saturated rings. The molecule has 2 saturated heterocycles. The topological polar surface area (TPSA) is 66.3 Å². The fourth-order valence-corrected chi connectivity index (χ4v) is 3.49. The maximum Gasteiger partial charge on any atom is 0.318 e. The summed E-state index contributed by atoms with van der Waals surface area (Å²) in [6.07, 6.45) is 5.39. The van der Waals surface area contributed by atoms with Gasteiger partial charge in [-0.3, -0.25) is 4.90 Å². The van der Waals surface area contributed by atoms with Crippen LogP contribution in [0.3, 0.4) is 0 Å². The summed E-state index contributed by atoms with van der Waals surface area (Å²) in [6.45, 7) is 8.54. The molecule has 2 unspecified atom stereocenters. The van der Waals surface area contributed by atoms with Crippen molar-refractivity contribution in [2.45, 2.75) is 58.3 Å². The van der Waals surface area contributed by atoms with E-state index in [4.69, 9.17) is 0 Å². The Kier molecular flexibility index (Phi) is 4.61. The monoisotopic (exact) mass is 306 g/mol. The number of nitrogens with one attached hydrogen (secondary N) is 1. The Morgan fingerprint density at radius 3 is 2.86 bits per heavy atom. The second kappa shape index (κ2) is 6.64. The van der Waals surface area contributed by atoms with E-state index in [2.05, 4.69) is 27.3 Å². The molecule has 122 valence electrons. The first-order valence-electron chi connectivity index (χ1n) is 8.35. The molecule has 1 aromatic heterocycles. The molecule has 3 heterocycles. The summed E-state index contributed by atoms with van der Waals surface area (Å²) < 4.78 is 0. The molecule has 2 atom stereocenters. The number of carbonyl (C=O) groups excluding carboxylic acids is 1. The highest BCUT2D eigenvalue weighted by Crippen LogP contribution is 2.24. The molecule has 2 amide bonds. The van der Waals surface area contributed by atoms with Crippen molar-refractivity contribution in [3.05, 3.63) is 11.9 Å². The molecule has 22 heavy (non-hydrogen) atoms. The SMILES string of the molecule is CCn1ncc(CNC(=O)N2CC(N3CCCC3)CC2C)n1. The van der Waals surface area contributed by atoms with Gasteiger partial charge in [-0.1, -0.05) is 0 Å². The third-order valence-electron chi connectivity index (χ3n) is 4.76. The molecule has 2 aliphatic heterocycles. The van der Waals surface area contributed by atoms with E-state index in [1.165, 1.54) is 25.9 Å². The molecule has 0 aromatic carbocycles. The van der Waals surface area contributed by atoms with Gasteiger partial charge in [-0.15, -0.1) is 0 Å². The Morgan fingerprint density at radius 2 is 2.18 bits per heavy atom. The van der Waals surface area contributed by atoms with Gasteiger partial charge in [0.05, 0.1) is 19.3 Å². The van der Waals surface area contributed by atoms with Crippen molar-refractivity contribution < 1.29 is 4.79 Å². The third kappa shape index (κ3) is 3.24. The van der Waals surface area contributed by atoms with Crippen LogP contribution in [0.25, 0.3) is 0 Å². The molecule has 7 heteroatoms. The van der Waals surface area contributed by atoms with Crippen molar-refractivity contribution in [3.63, 3.8) is 0 Å². The smallest absolute Gasteiger partial charge is 0.318 e. The molecule has 0 bridgehead atoms. The number of likely N-dealkylation sites (tertiary alicyclic amines) is 2. The van der Waals surface area contributed by atoms with Gasteiger partial charge in [-0.2, -0.15) is 15.0 Å². The fraction of sp³-hybridized carbons (Fsp3) is 0.800. The zero-order chi connectivity index (χ0) is 15.5. The van der Waals surface area contributed by atoms with E-state index in [-0.39, 0.29) is 6.03 Å².